The number of rotatable bonds is 4. The summed E-state index contributed by atoms with van der Waals surface area (Å²) >= 11 is 0. The van der Waals surface area contributed by atoms with Crippen molar-refractivity contribution in [2.45, 2.75) is 39.8 Å². The Labute approximate surface area is 92.3 Å². The van der Waals surface area contributed by atoms with Crippen LogP contribution in [0, 0.1) is 13.8 Å². The summed E-state index contributed by atoms with van der Waals surface area (Å²) < 4.78 is 0. The SMILES string of the molecule is Cc1cccc(C(CO)NC(C)C)c1C. The van der Waals surface area contributed by atoms with Crippen LogP contribution in [0.5, 0.6) is 0 Å². The van der Waals surface area contributed by atoms with E-state index in [1.54, 1.807) is 0 Å². The number of hydrogen-bond acceptors (Lipinski definition) is 2. The van der Waals surface area contributed by atoms with E-state index in [0.717, 1.165) is 0 Å². The molecule has 0 aromatic heterocycles. The lowest BCUT2D eigenvalue weighted by Crippen LogP contribution is -2.31. The van der Waals surface area contributed by atoms with Gasteiger partial charge in [-0.25, -0.2) is 0 Å². The van der Waals surface area contributed by atoms with Gasteiger partial charge in [0, 0.05) is 6.04 Å². The summed E-state index contributed by atoms with van der Waals surface area (Å²) in [4.78, 5) is 0. The van der Waals surface area contributed by atoms with Crippen LogP contribution in [0.4, 0.5) is 0 Å². The third-order valence-corrected chi connectivity index (χ3v) is 2.74. The van der Waals surface area contributed by atoms with Crippen molar-refractivity contribution >= 4 is 0 Å². The Balaban J connectivity index is 2.96. The van der Waals surface area contributed by atoms with Gasteiger partial charge in [0.25, 0.3) is 0 Å². The van der Waals surface area contributed by atoms with Gasteiger partial charge in [0.05, 0.1) is 12.6 Å². The molecule has 2 heteroatoms. The summed E-state index contributed by atoms with van der Waals surface area (Å²) in [6.07, 6.45) is 0. The number of hydrogen-bond donors (Lipinski definition) is 2. The first-order valence-electron chi connectivity index (χ1n) is 5.49. The van der Waals surface area contributed by atoms with Gasteiger partial charge < -0.3 is 10.4 Å². The molecule has 0 aliphatic carbocycles. The molecule has 84 valence electrons. The number of nitrogens with one attached hydrogen (secondary N) is 1. The topological polar surface area (TPSA) is 32.3 Å². The van der Waals surface area contributed by atoms with Crippen LogP contribution in [0.25, 0.3) is 0 Å². The second-order valence-corrected chi connectivity index (χ2v) is 4.35. The van der Waals surface area contributed by atoms with Gasteiger partial charge in [0.15, 0.2) is 0 Å². The Morgan fingerprint density at radius 3 is 2.47 bits per heavy atom. The van der Waals surface area contributed by atoms with Crippen LogP contribution in [-0.4, -0.2) is 17.8 Å². The second-order valence-electron chi connectivity index (χ2n) is 4.35. The molecule has 0 bridgehead atoms. The molecular weight excluding hydrogens is 186 g/mol. The van der Waals surface area contributed by atoms with Gasteiger partial charge in [-0.1, -0.05) is 32.0 Å². The minimum Gasteiger partial charge on any atom is -0.394 e. The molecule has 0 heterocycles. The molecule has 1 atom stereocenters. The molecular formula is C13H21NO. The lowest BCUT2D eigenvalue weighted by Gasteiger charge is -2.22. The molecule has 1 unspecified atom stereocenters. The van der Waals surface area contributed by atoms with E-state index in [9.17, 15) is 5.11 Å². The van der Waals surface area contributed by atoms with E-state index in [4.69, 9.17) is 0 Å². The molecule has 2 N–H and O–H groups in total. The molecule has 0 saturated heterocycles. The Hall–Kier alpha value is -0.860. The van der Waals surface area contributed by atoms with Gasteiger partial charge in [-0.3, -0.25) is 0 Å². The third-order valence-electron chi connectivity index (χ3n) is 2.74. The fraction of sp³-hybridized carbons (Fsp3) is 0.538. The molecule has 1 aromatic rings. The summed E-state index contributed by atoms with van der Waals surface area (Å²) in [5, 5.41) is 12.7. The molecule has 1 rings (SSSR count). The fourth-order valence-corrected chi connectivity index (χ4v) is 1.79. The molecule has 0 radical (unpaired) electrons. The molecule has 0 aliphatic heterocycles. The Morgan fingerprint density at radius 1 is 1.27 bits per heavy atom. The molecule has 2 nitrogen and oxygen atoms in total. The average molecular weight is 207 g/mol. The zero-order chi connectivity index (χ0) is 11.4. The number of aliphatic hydroxyl groups is 1. The van der Waals surface area contributed by atoms with E-state index in [0.29, 0.717) is 6.04 Å². The highest BCUT2D eigenvalue weighted by atomic mass is 16.3. The van der Waals surface area contributed by atoms with E-state index in [1.165, 1.54) is 16.7 Å². The van der Waals surface area contributed by atoms with Crippen molar-refractivity contribution in [3.8, 4) is 0 Å². The zero-order valence-electron chi connectivity index (χ0n) is 10.0. The molecule has 1 aromatic carbocycles. The molecule has 0 saturated carbocycles. The van der Waals surface area contributed by atoms with Crippen LogP contribution in [-0.2, 0) is 0 Å². The monoisotopic (exact) mass is 207 g/mol. The quantitative estimate of drug-likeness (QED) is 0.794. The van der Waals surface area contributed by atoms with E-state index in [1.807, 2.05) is 6.07 Å². The van der Waals surface area contributed by atoms with Crippen LogP contribution in [0.1, 0.15) is 36.6 Å². The number of aliphatic hydroxyl groups excluding tert-OH is 1. The highest BCUT2D eigenvalue weighted by Gasteiger charge is 2.13. The average Bonchev–Trinajstić information content (AvgIpc) is 2.19. The minimum atomic E-state index is 0.0462. The predicted molar refractivity (Wildman–Crippen MR) is 64.0 cm³/mol. The molecule has 0 fully saturated rings. The lowest BCUT2D eigenvalue weighted by molar-refractivity contribution is 0.237. The molecule has 0 aliphatic rings. The van der Waals surface area contributed by atoms with E-state index in [-0.39, 0.29) is 12.6 Å². The van der Waals surface area contributed by atoms with Crippen molar-refractivity contribution < 1.29 is 5.11 Å². The lowest BCUT2D eigenvalue weighted by atomic mass is 9.97. The van der Waals surface area contributed by atoms with Gasteiger partial charge >= 0.3 is 0 Å². The summed E-state index contributed by atoms with van der Waals surface area (Å²) in [6, 6.07) is 6.65. The smallest absolute Gasteiger partial charge is 0.0626 e. The molecule has 0 spiro atoms. The first-order valence-corrected chi connectivity index (χ1v) is 5.49. The van der Waals surface area contributed by atoms with E-state index >= 15 is 0 Å². The Kier molecular flexibility index (Phi) is 4.30. The standard InChI is InChI=1S/C13H21NO/c1-9(2)14-13(8-15)12-7-5-6-10(3)11(12)4/h5-7,9,13-15H,8H2,1-4H3. The van der Waals surface area contributed by atoms with Crippen LogP contribution in [0.15, 0.2) is 18.2 Å². The van der Waals surface area contributed by atoms with E-state index < -0.39 is 0 Å². The van der Waals surface area contributed by atoms with Gasteiger partial charge in [0.2, 0.25) is 0 Å². The maximum atomic E-state index is 9.38. The van der Waals surface area contributed by atoms with Crippen molar-refractivity contribution in [2.24, 2.45) is 0 Å². The van der Waals surface area contributed by atoms with Crippen molar-refractivity contribution in [1.82, 2.24) is 5.32 Å². The Bertz CT molecular complexity index is 320. The highest BCUT2D eigenvalue weighted by molar-refractivity contribution is 5.35. The Morgan fingerprint density at radius 2 is 1.93 bits per heavy atom. The van der Waals surface area contributed by atoms with Crippen molar-refractivity contribution in [3.63, 3.8) is 0 Å². The van der Waals surface area contributed by atoms with E-state index in [2.05, 4.69) is 45.1 Å². The van der Waals surface area contributed by atoms with Crippen molar-refractivity contribution in [3.05, 3.63) is 34.9 Å². The second kappa shape index (κ2) is 5.29. The summed E-state index contributed by atoms with van der Waals surface area (Å²) in [7, 11) is 0. The first kappa shape index (κ1) is 12.2. The van der Waals surface area contributed by atoms with Crippen LogP contribution < -0.4 is 5.32 Å². The van der Waals surface area contributed by atoms with Gasteiger partial charge in [-0.05, 0) is 30.5 Å². The maximum Gasteiger partial charge on any atom is 0.0626 e. The summed E-state index contributed by atoms with van der Waals surface area (Å²) in [6.45, 7) is 8.53. The highest BCUT2D eigenvalue weighted by Crippen LogP contribution is 2.20. The van der Waals surface area contributed by atoms with Crippen molar-refractivity contribution in [2.75, 3.05) is 6.61 Å². The third kappa shape index (κ3) is 3.05. The minimum absolute atomic E-state index is 0.0462. The fourth-order valence-electron chi connectivity index (χ4n) is 1.79. The largest absolute Gasteiger partial charge is 0.394 e. The zero-order valence-corrected chi connectivity index (χ0v) is 10.0. The van der Waals surface area contributed by atoms with Crippen LogP contribution in [0.2, 0.25) is 0 Å². The summed E-state index contributed by atoms with van der Waals surface area (Å²) in [5.41, 5.74) is 3.74. The van der Waals surface area contributed by atoms with Gasteiger partial charge in [0.1, 0.15) is 0 Å². The first-order chi connectivity index (χ1) is 7.06. The van der Waals surface area contributed by atoms with Crippen molar-refractivity contribution in [1.29, 1.82) is 0 Å². The molecule has 0 amide bonds. The molecule has 15 heavy (non-hydrogen) atoms. The van der Waals surface area contributed by atoms with Gasteiger partial charge in [-0.2, -0.15) is 0 Å². The predicted octanol–water partition coefficient (Wildman–Crippen LogP) is 2.33. The summed E-state index contributed by atoms with van der Waals surface area (Å²) in [5.74, 6) is 0. The maximum absolute atomic E-state index is 9.38. The van der Waals surface area contributed by atoms with Crippen LogP contribution in [0.3, 0.4) is 0 Å². The number of benzene rings is 1. The normalized spacial score (nSPS) is 13.2. The van der Waals surface area contributed by atoms with Gasteiger partial charge in [-0.15, -0.1) is 0 Å². The van der Waals surface area contributed by atoms with Crippen LogP contribution >= 0.6 is 0 Å². The number of aryl methyl sites for hydroxylation is 1.